The molecule has 0 saturated carbocycles. The third kappa shape index (κ3) is 5.07. The number of hydrogen-bond donors (Lipinski definition) is 3. The summed E-state index contributed by atoms with van der Waals surface area (Å²) in [6.45, 7) is 2.03. The molecule has 7 heteroatoms. The zero-order chi connectivity index (χ0) is 15.8. The number of anilines is 1. The molecule has 0 aliphatic carbocycles. The van der Waals surface area contributed by atoms with Crippen LogP contribution in [0.2, 0.25) is 0 Å². The second kappa shape index (κ2) is 8.43. The Morgan fingerprint density at radius 3 is 2.91 bits per heavy atom. The van der Waals surface area contributed by atoms with E-state index in [0.29, 0.717) is 5.70 Å². The Labute approximate surface area is 135 Å². The average Bonchev–Trinajstić information content (AvgIpc) is 3.02. The summed E-state index contributed by atoms with van der Waals surface area (Å²) >= 11 is 1.54. The summed E-state index contributed by atoms with van der Waals surface area (Å²) in [5.74, 6) is 0.130. The molecule has 0 radical (unpaired) electrons. The monoisotopic (exact) mass is 321 g/mol. The van der Waals surface area contributed by atoms with Gasteiger partial charge in [-0.25, -0.2) is 4.98 Å². The number of aromatic nitrogens is 1. The van der Waals surface area contributed by atoms with Gasteiger partial charge in [-0.1, -0.05) is 0 Å². The predicted molar refractivity (Wildman–Crippen MR) is 91.4 cm³/mol. The summed E-state index contributed by atoms with van der Waals surface area (Å²) in [6, 6.07) is 0. The quantitative estimate of drug-likeness (QED) is 0.693. The molecule has 1 aliphatic rings. The molecule has 0 spiro atoms. The molecule has 1 fully saturated rings. The van der Waals surface area contributed by atoms with Crippen LogP contribution in [0.25, 0.3) is 6.08 Å². The Bertz CT molecular complexity index is 546. The fourth-order valence-electron chi connectivity index (χ4n) is 2.22. The standard InChI is InChI=1S/C15H23N5OS/c1-17-15-19-13(11-22-15)6-5-12(16)9-18-10-14(21)20-7-3-2-4-8-20/h5-6,9,11,18H,2-4,7-8,10,16H2,1H3,(H,17,19)/b6-5+,12-9-. The number of nitrogens with two attached hydrogens (primary N) is 1. The van der Waals surface area contributed by atoms with Crippen molar-refractivity contribution in [1.82, 2.24) is 15.2 Å². The van der Waals surface area contributed by atoms with E-state index in [1.165, 1.54) is 17.8 Å². The molecule has 0 bridgehead atoms. The van der Waals surface area contributed by atoms with E-state index in [1.54, 1.807) is 12.3 Å². The van der Waals surface area contributed by atoms with E-state index in [-0.39, 0.29) is 12.5 Å². The van der Waals surface area contributed by atoms with Crippen molar-refractivity contribution in [2.24, 2.45) is 5.73 Å². The lowest BCUT2D eigenvalue weighted by atomic mass is 10.1. The molecule has 4 N–H and O–H groups in total. The van der Waals surface area contributed by atoms with Crippen molar-refractivity contribution in [1.29, 1.82) is 0 Å². The van der Waals surface area contributed by atoms with Gasteiger partial charge in [0, 0.05) is 37.4 Å². The van der Waals surface area contributed by atoms with Gasteiger partial charge >= 0.3 is 0 Å². The topological polar surface area (TPSA) is 83.3 Å². The second-order valence-electron chi connectivity index (χ2n) is 5.13. The number of carbonyl (C=O) groups excluding carboxylic acids is 1. The van der Waals surface area contributed by atoms with Gasteiger partial charge in [0.2, 0.25) is 5.91 Å². The molecule has 6 nitrogen and oxygen atoms in total. The lowest BCUT2D eigenvalue weighted by Crippen LogP contribution is -2.40. The highest BCUT2D eigenvalue weighted by Crippen LogP contribution is 2.15. The molecule has 1 amide bonds. The van der Waals surface area contributed by atoms with Gasteiger partial charge in [-0.3, -0.25) is 4.79 Å². The van der Waals surface area contributed by atoms with Crippen LogP contribution < -0.4 is 16.4 Å². The Hall–Kier alpha value is -2.02. The molecule has 1 saturated heterocycles. The van der Waals surface area contributed by atoms with Crippen LogP contribution in [0.4, 0.5) is 5.13 Å². The van der Waals surface area contributed by atoms with Crippen LogP contribution >= 0.6 is 11.3 Å². The number of piperidine rings is 1. The van der Waals surface area contributed by atoms with E-state index >= 15 is 0 Å². The van der Waals surface area contributed by atoms with Crippen LogP contribution in [-0.4, -0.2) is 42.5 Å². The summed E-state index contributed by atoms with van der Waals surface area (Å²) in [5, 5.41) is 8.78. The summed E-state index contributed by atoms with van der Waals surface area (Å²) in [4.78, 5) is 18.2. The number of nitrogens with one attached hydrogen (secondary N) is 2. The number of amides is 1. The third-order valence-electron chi connectivity index (χ3n) is 3.41. The summed E-state index contributed by atoms with van der Waals surface area (Å²) in [6.07, 6.45) is 8.71. The molecule has 2 rings (SSSR count). The molecule has 22 heavy (non-hydrogen) atoms. The smallest absolute Gasteiger partial charge is 0.241 e. The van der Waals surface area contributed by atoms with Gasteiger partial charge in [0.15, 0.2) is 5.13 Å². The molecule has 1 aromatic heterocycles. The highest BCUT2D eigenvalue weighted by atomic mass is 32.1. The molecule has 1 aromatic rings. The maximum Gasteiger partial charge on any atom is 0.241 e. The fraction of sp³-hybridized carbons (Fsp3) is 0.467. The molecule has 0 aromatic carbocycles. The third-order valence-corrected chi connectivity index (χ3v) is 4.29. The van der Waals surface area contributed by atoms with Crippen LogP contribution in [0, 0.1) is 0 Å². The van der Waals surface area contributed by atoms with Gasteiger partial charge in [0.1, 0.15) is 0 Å². The van der Waals surface area contributed by atoms with Crippen molar-refractivity contribution < 1.29 is 4.79 Å². The van der Waals surface area contributed by atoms with Gasteiger partial charge in [-0.15, -0.1) is 11.3 Å². The molecule has 0 unspecified atom stereocenters. The predicted octanol–water partition coefficient (Wildman–Crippen LogP) is 1.60. The fourth-order valence-corrected chi connectivity index (χ4v) is 2.86. The first-order valence-corrected chi connectivity index (χ1v) is 8.35. The maximum absolute atomic E-state index is 12.0. The highest BCUT2D eigenvalue weighted by molar-refractivity contribution is 7.13. The average molecular weight is 321 g/mol. The van der Waals surface area contributed by atoms with Crippen molar-refractivity contribution in [3.8, 4) is 0 Å². The maximum atomic E-state index is 12.0. The second-order valence-corrected chi connectivity index (χ2v) is 5.99. The van der Waals surface area contributed by atoms with Crippen LogP contribution in [-0.2, 0) is 4.79 Å². The number of rotatable bonds is 6. The lowest BCUT2D eigenvalue weighted by Gasteiger charge is -2.26. The van der Waals surface area contributed by atoms with Crippen LogP contribution in [0.5, 0.6) is 0 Å². The van der Waals surface area contributed by atoms with Crippen LogP contribution in [0.3, 0.4) is 0 Å². The van der Waals surface area contributed by atoms with Gasteiger partial charge in [0.25, 0.3) is 0 Å². The van der Waals surface area contributed by atoms with Crippen molar-refractivity contribution in [3.63, 3.8) is 0 Å². The largest absolute Gasteiger partial charge is 0.398 e. The zero-order valence-electron chi connectivity index (χ0n) is 12.8. The van der Waals surface area contributed by atoms with E-state index in [4.69, 9.17) is 5.73 Å². The SMILES string of the molecule is CNc1nc(/C=C/C(N)=C/NCC(=O)N2CCCCC2)cs1. The van der Waals surface area contributed by atoms with E-state index in [0.717, 1.165) is 36.8 Å². The van der Waals surface area contributed by atoms with Crippen LogP contribution in [0.1, 0.15) is 25.0 Å². The van der Waals surface area contributed by atoms with E-state index in [2.05, 4.69) is 15.6 Å². The van der Waals surface area contributed by atoms with Gasteiger partial charge in [-0.2, -0.15) is 0 Å². The Kier molecular flexibility index (Phi) is 6.27. The molecule has 1 aliphatic heterocycles. The number of likely N-dealkylation sites (tertiary alicyclic amines) is 1. The number of nitrogens with zero attached hydrogens (tertiary/aromatic N) is 2. The Morgan fingerprint density at radius 1 is 1.45 bits per heavy atom. The minimum Gasteiger partial charge on any atom is -0.398 e. The molecular weight excluding hydrogens is 298 g/mol. The minimum absolute atomic E-state index is 0.130. The molecule has 2 heterocycles. The van der Waals surface area contributed by atoms with Crippen molar-refractivity contribution >= 4 is 28.5 Å². The number of allylic oxidation sites excluding steroid dienone is 1. The van der Waals surface area contributed by atoms with Crippen molar-refractivity contribution in [2.75, 3.05) is 32.0 Å². The normalized spacial score (nSPS) is 16.0. The first-order chi connectivity index (χ1) is 10.7. The molecule has 0 atom stereocenters. The van der Waals surface area contributed by atoms with Gasteiger partial charge in [-0.05, 0) is 31.4 Å². The first kappa shape index (κ1) is 16.4. The summed E-state index contributed by atoms with van der Waals surface area (Å²) in [7, 11) is 1.84. The molecule has 120 valence electrons. The Morgan fingerprint density at radius 2 is 2.23 bits per heavy atom. The number of thiazole rings is 1. The summed E-state index contributed by atoms with van der Waals surface area (Å²) in [5.41, 5.74) is 7.29. The van der Waals surface area contributed by atoms with Crippen LogP contribution in [0.15, 0.2) is 23.4 Å². The van der Waals surface area contributed by atoms with Gasteiger partial charge in [0.05, 0.1) is 12.2 Å². The van der Waals surface area contributed by atoms with Crippen molar-refractivity contribution in [3.05, 3.63) is 29.0 Å². The minimum atomic E-state index is 0.130. The highest BCUT2D eigenvalue weighted by Gasteiger charge is 2.15. The first-order valence-electron chi connectivity index (χ1n) is 7.47. The van der Waals surface area contributed by atoms with E-state index in [9.17, 15) is 4.79 Å². The zero-order valence-corrected chi connectivity index (χ0v) is 13.7. The molecular formula is C15H23N5OS. The summed E-state index contributed by atoms with van der Waals surface area (Å²) < 4.78 is 0. The Balaban J connectivity index is 1.75. The number of hydrogen-bond acceptors (Lipinski definition) is 6. The number of carbonyl (C=O) groups is 1. The lowest BCUT2D eigenvalue weighted by molar-refractivity contribution is -0.130. The van der Waals surface area contributed by atoms with Gasteiger partial charge < -0.3 is 21.3 Å². The van der Waals surface area contributed by atoms with E-state index in [1.807, 2.05) is 23.4 Å². The van der Waals surface area contributed by atoms with E-state index < -0.39 is 0 Å². The van der Waals surface area contributed by atoms with Crippen molar-refractivity contribution in [2.45, 2.75) is 19.3 Å².